The number of benzene rings is 1. The van der Waals surface area contributed by atoms with Gasteiger partial charge in [-0.2, -0.15) is 0 Å². The van der Waals surface area contributed by atoms with E-state index in [1.807, 2.05) is 12.1 Å². The second kappa shape index (κ2) is 6.76. The van der Waals surface area contributed by atoms with E-state index in [2.05, 4.69) is 5.32 Å². The van der Waals surface area contributed by atoms with Crippen LogP contribution in [0.3, 0.4) is 0 Å². The standard InChI is InChI=1S/C13H19N3O2/c1-16(2)12(17)9-15-13(18)11-6-4-3-5-10(11)7-8-14/h3-6H,7-9,14H2,1-2H3,(H,15,18). The van der Waals surface area contributed by atoms with Crippen molar-refractivity contribution in [3.05, 3.63) is 35.4 Å². The number of hydrogen-bond donors (Lipinski definition) is 2. The summed E-state index contributed by atoms with van der Waals surface area (Å²) in [6, 6.07) is 7.27. The summed E-state index contributed by atoms with van der Waals surface area (Å²) in [5, 5.41) is 2.61. The summed E-state index contributed by atoms with van der Waals surface area (Å²) in [7, 11) is 3.30. The van der Waals surface area contributed by atoms with Crippen molar-refractivity contribution >= 4 is 11.8 Å². The van der Waals surface area contributed by atoms with E-state index in [0.717, 1.165) is 5.56 Å². The van der Waals surface area contributed by atoms with Crippen molar-refractivity contribution in [1.29, 1.82) is 0 Å². The molecular formula is C13H19N3O2. The van der Waals surface area contributed by atoms with Gasteiger partial charge in [0, 0.05) is 19.7 Å². The SMILES string of the molecule is CN(C)C(=O)CNC(=O)c1ccccc1CCN. The Morgan fingerprint density at radius 1 is 1.28 bits per heavy atom. The molecule has 0 heterocycles. The molecule has 5 nitrogen and oxygen atoms in total. The number of rotatable bonds is 5. The predicted octanol–water partition coefficient (Wildman–Crippen LogP) is 0.00580. The molecule has 0 saturated carbocycles. The lowest BCUT2D eigenvalue weighted by molar-refractivity contribution is -0.127. The molecule has 0 aromatic heterocycles. The second-order valence-electron chi connectivity index (χ2n) is 4.17. The number of nitrogens with two attached hydrogens (primary N) is 1. The Morgan fingerprint density at radius 3 is 2.56 bits per heavy atom. The number of nitrogens with zero attached hydrogens (tertiary/aromatic N) is 1. The van der Waals surface area contributed by atoms with E-state index in [9.17, 15) is 9.59 Å². The minimum Gasteiger partial charge on any atom is -0.347 e. The van der Waals surface area contributed by atoms with Gasteiger partial charge in [-0.05, 0) is 24.6 Å². The minimum atomic E-state index is -0.241. The fourth-order valence-electron chi connectivity index (χ4n) is 1.52. The minimum absolute atomic E-state index is 0.00277. The Morgan fingerprint density at radius 2 is 1.94 bits per heavy atom. The normalized spacial score (nSPS) is 9.94. The first-order valence-corrected chi connectivity index (χ1v) is 5.82. The molecule has 1 rings (SSSR count). The molecule has 1 aromatic rings. The molecule has 0 aliphatic heterocycles. The van der Waals surface area contributed by atoms with Crippen molar-refractivity contribution in [3.63, 3.8) is 0 Å². The van der Waals surface area contributed by atoms with Gasteiger partial charge >= 0.3 is 0 Å². The lowest BCUT2D eigenvalue weighted by atomic mass is 10.0. The van der Waals surface area contributed by atoms with E-state index in [0.29, 0.717) is 18.5 Å². The second-order valence-corrected chi connectivity index (χ2v) is 4.17. The first kappa shape index (κ1) is 14.2. The van der Waals surface area contributed by atoms with Crippen LogP contribution >= 0.6 is 0 Å². The van der Waals surface area contributed by atoms with Crippen LogP contribution in [0.2, 0.25) is 0 Å². The van der Waals surface area contributed by atoms with Gasteiger partial charge in [0.25, 0.3) is 5.91 Å². The van der Waals surface area contributed by atoms with Crippen LogP contribution < -0.4 is 11.1 Å². The lowest BCUT2D eigenvalue weighted by Gasteiger charge is -2.12. The summed E-state index contributed by atoms with van der Waals surface area (Å²) in [5.74, 6) is -0.381. The van der Waals surface area contributed by atoms with Gasteiger partial charge in [0.15, 0.2) is 0 Å². The van der Waals surface area contributed by atoms with Crippen LogP contribution in [0.4, 0.5) is 0 Å². The van der Waals surface area contributed by atoms with Gasteiger partial charge < -0.3 is 16.0 Å². The third kappa shape index (κ3) is 3.85. The molecule has 3 N–H and O–H groups in total. The topological polar surface area (TPSA) is 75.4 Å². The molecule has 2 amide bonds. The molecule has 1 aromatic carbocycles. The lowest BCUT2D eigenvalue weighted by Crippen LogP contribution is -2.36. The van der Waals surface area contributed by atoms with Crippen molar-refractivity contribution in [2.45, 2.75) is 6.42 Å². The molecule has 18 heavy (non-hydrogen) atoms. The number of hydrogen-bond acceptors (Lipinski definition) is 3. The van der Waals surface area contributed by atoms with E-state index in [4.69, 9.17) is 5.73 Å². The quantitative estimate of drug-likeness (QED) is 0.771. The first-order valence-electron chi connectivity index (χ1n) is 5.82. The van der Waals surface area contributed by atoms with Gasteiger partial charge in [0.05, 0.1) is 6.54 Å². The molecule has 0 fully saturated rings. The maximum Gasteiger partial charge on any atom is 0.251 e. The molecule has 0 aliphatic carbocycles. The monoisotopic (exact) mass is 249 g/mol. The van der Waals surface area contributed by atoms with Crippen LogP contribution in [0, 0.1) is 0 Å². The average Bonchev–Trinajstić information content (AvgIpc) is 2.36. The summed E-state index contributed by atoms with van der Waals surface area (Å²) in [6.45, 7) is 0.490. The van der Waals surface area contributed by atoms with Gasteiger partial charge in [0.1, 0.15) is 0 Å². The number of carbonyl (C=O) groups is 2. The highest BCUT2D eigenvalue weighted by Gasteiger charge is 2.12. The molecule has 0 unspecified atom stereocenters. The van der Waals surface area contributed by atoms with E-state index in [1.165, 1.54) is 4.90 Å². The maximum atomic E-state index is 11.9. The largest absolute Gasteiger partial charge is 0.347 e. The van der Waals surface area contributed by atoms with Crippen LogP contribution in [0.25, 0.3) is 0 Å². The van der Waals surface area contributed by atoms with E-state index in [-0.39, 0.29) is 18.4 Å². The third-order valence-electron chi connectivity index (χ3n) is 2.57. The highest BCUT2D eigenvalue weighted by atomic mass is 16.2. The zero-order valence-corrected chi connectivity index (χ0v) is 10.8. The van der Waals surface area contributed by atoms with Crippen LogP contribution in [0.5, 0.6) is 0 Å². The van der Waals surface area contributed by atoms with Gasteiger partial charge in [0.2, 0.25) is 5.91 Å². The number of amides is 2. The van der Waals surface area contributed by atoms with E-state index < -0.39 is 0 Å². The summed E-state index contributed by atoms with van der Waals surface area (Å²) < 4.78 is 0. The van der Waals surface area contributed by atoms with Gasteiger partial charge in [-0.3, -0.25) is 9.59 Å². The molecule has 5 heteroatoms. The predicted molar refractivity (Wildman–Crippen MR) is 70.2 cm³/mol. The maximum absolute atomic E-state index is 11.9. The number of likely N-dealkylation sites (N-methyl/N-ethyl adjacent to an activating group) is 1. The highest BCUT2D eigenvalue weighted by Crippen LogP contribution is 2.08. The fraction of sp³-hybridized carbons (Fsp3) is 0.385. The molecule has 0 saturated heterocycles. The first-order chi connectivity index (χ1) is 8.56. The Balaban J connectivity index is 2.69. The zero-order chi connectivity index (χ0) is 13.5. The average molecular weight is 249 g/mol. The fourth-order valence-corrected chi connectivity index (χ4v) is 1.52. The van der Waals surface area contributed by atoms with Crippen molar-refractivity contribution in [1.82, 2.24) is 10.2 Å². The van der Waals surface area contributed by atoms with Crippen LogP contribution in [0.1, 0.15) is 15.9 Å². The Kier molecular flexibility index (Phi) is 5.32. The van der Waals surface area contributed by atoms with E-state index >= 15 is 0 Å². The molecule has 0 aliphatic rings. The summed E-state index contributed by atoms with van der Waals surface area (Å²) in [4.78, 5) is 24.8. The Labute approximate surface area is 107 Å². The number of carbonyl (C=O) groups excluding carboxylic acids is 2. The van der Waals surface area contributed by atoms with Crippen molar-refractivity contribution in [3.8, 4) is 0 Å². The smallest absolute Gasteiger partial charge is 0.251 e. The van der Waals surface area contributed by atoms with Gasteiger partial charge in [-0.15, -0.1) is 0 Å². The molecular weight excluding hydrogens is 230 g/mol. The van der Waals surface area contributed by atoms with Crippen molar-refractivity contribution in [2.75, 3.05) is 27.2 Å². The molecule has 0 spiro atoms. The summed E-state index contributed by atoms with van der Waals surface area (Å²) >= 11 is 0. The third-order valence-corrected chi connectivity index (χ3v) is 2.57. The van der Waals surface area contributed by atoms with Gasteiger partial charge in [-0.1, -0.05) is 18.2 Å². The van der Waals surface area contributed by atoms with E-state index in [1.54, 1.807) is 26.2 Å². The van der Waals surface area contributed by atoms with Crippen molar-refractivity contribution < 1.29 is 9.59 Å². The molecule has 0 radical (unpaired) electrons. The van der Waals surface area contributed by atoms with Crippen LogP contribution in [-0.2, 0) is 11.2 Å². The molecule has 0 bridgehead atoms. The van der Waals surface area contributed by atoms with Crippen LogP contribution in [0.15, 0.2) is 24.3 Å². The Hall–Kier alpha value is -1.88. The van der Waals surface area contributed by atoms with Crippen molar-refractivity contribution in [2.24, 2.45) is 5.73 Å². The van der Waals surface area contributed by atoms with Gasteiger partial charge in [-0.25, -0.2) is 0 Å². The molecule has 0 atom stereocenters. The highest BCUT2D eigenvalue weighted by molar-refractivity contribution is 5.97. The molecule has 98 valence electrons. The Bertz CT molecular complexity index is 430. The van der Waals surface area contributed by atoms with Crippen LogP contribution in [-0.4, -0.2) is 43.9 Å². The number of nitrogens with one attached hydrogen (secondary N) is 1. The zero-order valence-electron chi connectivity index (χ0n) is 10.8. The summed E-state index contributed by atoms with van der Waals surface area (Å²) in [5.41, 5.74) is 6.98. The summed E-state index contributed by atoms with van der Waals surface area (Å²) in [6.07, 6.45) is 0.644.